The number of nitrogens with two attached hydrogens (primary N) is 1. The molecule has 1 atom stereocenters. The van der Waals surface area contributed by atoms with Crippen LogP contribution in [0.5, 0.6) is 0 Å². The molecule has 2 rings (SSSR count). The molecule has 3 nitrogen and oxygen atoms in total. The van der Waals surface area contributed by atoms with Gasteiger partial charge in [0.25, 0.3) is 0 Å². The van der Waals surface area contributed by atoms with Crippen molar-refractivity contribution < 1.29 is 13.2 Å². The van der Waals surface area contributed by atoms with Crippen LogP contribution >= 0.6 is 0 Å². The molecule has 1 saturated carbocycles. The number of halogens is 3. The Bertz CT molecular complexity index is 282. The Morgan fingerprint density at radius 3 is 2.05 bits per heavy atom. The number of rotatable bonds is 4. The van der Waals surface area contributed by atoms with E-state index < -0.39 is 12.7 Å². The first-order chi connectivity index (χ1) is 9.44. The zero-order valence-electron chi connectivity index (χ0n) is 12.0. The van der Waals surface area contributed by atoms with E-state index in [4.69, 9.17) is 5.73 Å². The fraction of sp³-hybridized carbons (Fsp3) is 1.00. The van der Waals surface area contributed by atoms with E-state index in [2.05, 4.69) is 4.90 Å². The summed E-state index contributed by atoms with van der Waals surface area (Å²) in [4.78, 5) is 3.72. The first-order valence-corrected chi connectivity index (χ1v) is 7.71. The molecule has 6 heteroatoms. The van der Waals surface area contributed by atoms with Gasteiger partial charge in [-0.3, -0.25) is 9.80 Å². The second kappa shape index (κ2) is 7.09. The average molecular weight is 293 g/mol. The summed E-state index contributed by atoms with van der Waals surface area (Å²) in [7, 11) is 0. The Balaban J connectivity index is 1.68. The smallest absolute Gasteiger partial charge is 0.326 e. The topological polar surface area (TPSA) is 32.5 Å². The van der Waals surface area contributed by atoms with Crippen molar-refractivity contribution in [1.29, 1.82) is 0 Å². The van der Waals surface area contributed by atoms with Crippen LogP contribution in [-0.2, 0) is 0 Å². The maximum atomic E-state index is 12.3. The molecule has 1 aliphatic carbocycles. The fourth-order valence-corrected chi connectivity index (χ4v) is 3.39. The molecular weight excluding hydrogens is 267 g/mol. The van der Waals surface area contributed by atoms with Gasteiger partial charge in [-0.25, -0.2) is 0 Å². The maximum Gasteiger partial charge on any atom is 0.401 e. The quantitative estimate of drug-likeness (QED) is 0.861. The molecule has 2 aliphatic rings. The van der Waals surface area contributed by atoms with Crippen LogP contribution in [-0.4, -0.2) is 61.3 Å². The van der Waals surface area contributed by atoms with Gasteiger partial charge < -0.3 is 5.73 Å². The Kier molecular flexibility index (Phi) is 5.69. The predicted octanol–water partition coefficient (Wildman–Crippen LogP) is 2.07. The molecule has 118 valence electrons. The molecule has 0 aromatic carbocycles. The highest BCUT2D eigenvalue weighted by Gasteiger charge is 2.32. The van der Waals surface area contributed by atoms with E-state index in [1.165, 1.54) is 37.0 Å². The summed E-state index contributed by atoms with van der Waals surface area (Å²) in [6, 6.07) is 0.185. The van der Waals surface area contributed by atoms with Crippen LogP contribution < -0.4 is 5.73 Å². The predicted molar refractivity (Wildman–Crippen MR) is 73.5 cm³/mol. The molecule has 0 aromatic rings. The normalized spacial score (nSPS) is 25.8. The minimum Gasteiger partial charge on any atom is -0.326 e. The van der Waals surface area contributed by atoms with E-state index >= 15 is 0 Å². The summed E-state index contributed by atoms with van der Waals surface area (Å²) in [5.41, 5.74) is 6.28. The molecule has 0 radical (unpaired) electrons. The molecule has 0 spiro atoms. The van der Waals surface area contributed by atoms with E-state index in [0.717, 1.165) is 6.54 Å². The van der Waals surface area contributed by atoms with Gasteiger partial charge in [-0.1, -0.05) is 19.3 Å². The fourth-order valence-electron chi connectivity index (χ4n) is 3.39. The SMILES string of the molecule is NC(CN1CCN(CC(F)(F)F)CC1)C1CCCCC1. The Morgan fingerprint density at radius 1 is 0.950 bits per heavy atom. The minimum atomic E-state index is -4.08. The lowest BCUT2D eigenvalue weighted by Gasteiger charge is -2.38. The van der Waals surface area contributed by atoms with Crippen LogP contribution in [0.4, 0.5) is 13.2 Å². The van der Waals surface area contributed by atoms with E-state index in [0.29, 0.717) is 32.1 Å². The molecule has 1 unspecified atom stereocenters. The summed E-state index contributed by atoms with van der Waals surface area (Å²) in [5, 5.41) is 0. The van der Waals surface area contributed by atoms with Gasteiger partial charge >= 0.3 is 6.18 Å². The van der Waals surface area contributed by atoms with Crippen LogP contribution in [0.25, 0.3) is 0 Å². The highest BCUT2D eigenvalue weighted by molar-refractivity contribution is 4.82. The first-order valence-electron chi connectivity index (χ1n) is 7.71. The largest absolute Gasteiger partial charge is 0.401 e. The van der Waals surface area contributed by atoms with Crippen molar-refractivity contribution in [2.45, 2.75) is 44.3 Å². The van der Waals surface area contributed by atoms with Crippen molar-refractivity contribution in [3.63, 3.8) is 0 Å². The van der Waals surface area contributed by atoms with E-state index in [1.807, 2.05) is 0 Å². The summed E-state index contributed by atoms with van der Waals surface area (Å²) < 4.78 is 36.9. The van der Waals surface area contributed by atoms with Crippen LogP contribution in [0.1, 0.15) is 32.1 Å². The Hall–Kier alpha value is -0.330. The molecule has 0 aromatic heterocycles. The summed E-state index contributed by atoms with van der Waals surface area (Å²) in [6.07, 6.45) is 2.22. The first kappa shape index (κ1) is 16.0. The van der Waals surface area contributed by atoms with E-state index in [1.54, 1.807) is 0 Å². The summed E-state index contributed by atoms with van der Waals surface area (Å²) >= 11 is 0. The van der Waals surface area contributed by atoms with E-state index in [-0.39, 0.29) is 6.04 Å². The lowest BCUT2D eigenvalue weighted by molar-refractivity contribution is -0.149. The maximum absolute atomic E-state index is 12.3. The highest BCUT2D eigenvalue weighted by atomic mass is 19.4. The number of piperazine rings is 1. The molecule has 1 saturated heterocycles. The van der Waals surface area contributed by atoms with Gasteiger partial charge in [0.05, 0.1) is 6.54 Å². The van der Waals surface area contributed by atoms with Gasteiger partial charge in [-0.05, 0) is 18.8 Å². The van der Waals surface area contributed by atoms with Gasteiger partial charge in [0.15, 0.2) is 0 Å². The lowest BCUT2D eigenvalue weighted by Crippen LogP contribution is -2.52. The summed E-state index contributed by atoms with van der Waals surface area (Å²) in [5.74, 6) is 0.608. The van der Waals surface area contributed by atoms with Gasteiger partial charge in [-0.15, -0.1) is 0 Å². The number of nitrogens with zero attached hydrogens (tertiary/aromatic N) is 2. The van der Waals surface area contributed by atoms with Crippen LogP contribution in [0.15, 0.2) is 0 Å². The monoisotopic (exact) mass is 293 g/mol. The molecular formula is C14H26F3N3. The van der Waals surface area contributed by atoms with E-state index in [9.17, 15) is 13.2 Å². The van der Waals surface area contributed by atoms with Crippen LogP contribution in [0, 0.1) is 5.92 Å². The third kappa shape index (κ3) is 5.22. The standard InChI is InChI=1S/C14H26F3N3/c15-14(16,17)11-20-8-6-19(7-9-20)10-13(18)12-4-2-1-3-5-12/h12-13H,1-11,18H2. The molecule has 2 N–H and O–H groups in total. The molecule has 1 heterocycles. The van der Waals surface area contributed by atoms with Crippen molar-refractivity contribution in [3.05, 3.63) is 0 Å². The van der Waals surface area contributed by atoms with Crippen molar-refractivity contribution in [3.8, 4) is 0 Å². The van der Waals surface area contributed by atoms with Crippen LogP contribution in [0.2, 0.25) is 0 Å². The van der Waals surface area contributed by atoms with Gasteiger partial charge in [0.1, 0.15) is 0 Å². The molecule has 0 bridgehead atoms. The zero-order valence-corrected chi connectivity index (χ0v) is 12.0. The van der Waals surface area contributed by atoms with Crippen molar-refractivity contribution >= 4 is 0 Å². The third-order valence-corrected chi connectivity index (χ3v) is 4.59. The molecule has 2 fully saturated rings. The Labute approximate surface area is 119 Å². The third-order valence-electron chi connectivity index (χ3n) is 4.59. The van der Waals surface area contributed by atoms with Gasteiger partial charge in [0.2, 0.25) is 0 Å². The highest BCUT2D eigenvalue weighted by Crippen LogP contribution is 2.26. The summed E-state index contributed by atoms with van der Waals surface area (Å²) in [6.45, 7) is 2.46. The second-order valence-corrected chi connectivity index (χ2v) is 6.25. The molecule has 20 heavy (non-hydrogen) atoms. The Morgan fingerprint density at radius 2 is 1.50 bits per heavy atom. The van der Waals surface area contributed by atoms with Crippen molar-refractivity contribution in [1.82, 2.24) is 9.80 Å². The minimum absolute atomic E-state index is 0.185. The number of hydrogen-bond acceptors (Lipinski definition) is 3. The number of alkyl halides is 3. The number of hydrogen-bond donors (Lipinski definition) is 1. The molecule has 1 aliphatic heterocycles. The van der Waals surface area contributed by atoms with Gasteiger partial charge in [0, 0.05) is 38.8 Å². The van der Waals surface area contributed by atoms with Crippen molar-refractivity contribution in [2.24, 2.45) is 11.7 Å². The molecule has 0 amide bonds. The average Bonchev–Trinajstić information content (AvgIpc) is 2.40. The van der Waals surface area contributed by atoms with Crippen molar-refractivity contribution in [2.75, 3.05) is 39.3 Å². The lowest BCUT2D eigenvalue weighted by atomic mass is 9.84. The second-order valence-electron chi connectivity index (χ2n) is 6.25. The van der Waals surface area contributed by atoms with Gasteiger partial charge in [-0.2, -0.15) is 13.2 Å². The zero-order chi connectivity index (χ0) is 14.6. The van der Waals surface area contributed by atoms with Crippen LogP contribution in [0.3, 0.4) is 0 Å².